The second-order valence-corrected chi connectivity index (χ2v) is 4.71. The van der Waals surface area contributed by atoms with E-state index in [9.17, 15) is 5.11 Å². The minimum absolute atomic E-state index is 0.144. The average molecular weight is 219 g/mol. The van der Waals surface area contributed by atoms with Crippen molar-refractivity contribution in [3.05, 3.63) is 35.4 Å². The van der Waals surface area contributed by atoms with Gasteiger partial charge in [-0.25, -0.2) is 0 Å². The molecule has 1 saturated carbocycles. The van der Waals surface area contributed by atoms with Gasteiger partial charge in [0, 0.05) is 13.1 Å². The lowest BCUT2D eigenvalue weighted by molar-refractivity contribution is 0.148. The largest absolute Gasteiger partial charge is 0.392 e. The summed E-state index contributed by atoms with van der Waals surface area (Å²) in [5, 5.41) is 13.0. The van der Waals surface area contributed by atoms with Crippen molar-refractivity contribution in [3.8, 4) is 0 Å². The van der Waals surface area contributed by atoms with Crippen LogP contribution in [0.4, 0.5) is 0 Å². The molecule has 0 aromatic heterocycles. The highest BCUT2D eigenvalue weighted by Crippen LogP contribution is 2.32. The number of rotatable bonds is 6. The van der Waals surface area contributed by atoms with E-state index in [1.54, 1.807) is 0 Å². The minimum atomic E-state index is -0.144. The molecular weight excluding hydrogens is 198 g/mol. The van der Waals surface area contributed by atoms with E-state index in [0.29, 0.717) is 5.92 Å². The fraction of sp³-hybridized carbons (Fsp3) is 0.571. The van der Waals surface area contributed by atoms with Gasteiger partial charge >= 0.3 is 0 Å². The first kappa shape index (κ1) is 11.6. The molecule has 2 N–H and O–H groups in total. The van der Waals surface area contributed by atoms with E-state index >= 15 is 0 Å². The van der Waals surface area contributed by atoms with Crippen molar-refractivity contribution in [2.24, 2.45) is 5.92 Å². The standard InChI is InChI=1S/C14H21NO/c1-2-11-3-5-12(6-4-11)9-15-10-14(16)13-7-8-13/h3-6,13-16H,2,7-10H2,1H3. The second-order valence-electron chi connectivity index (χ2n) is 4.71. The number of aliphatic hydroxyl groups excluding tert-OH is 1. The monoisotopic (exact) mass is 219 g/mol. The van der Waals surface area contributed by atoms with Crippen LogP contribution in [-0.2, 0) is 13.0 Å². The third kappa shape index (κ3) is 3.32. The molecule has 1 aromatic carbocycles. The van der Waals surface area contributed by atoms with Gasteiger partial charge in [0.15, 0.2) is 0 Å². The first-order valence-electron chi connectivity index (χ1n) is 6.26. The summed E-state index contributed by atoms with van der Waals surface area (Å²) in [6, 6.07) is 8.67. The number of hydrogen-bond acceptors (Lipinski definition) is 2. The molecule has 1 unspecified atom stereocenters. The van der Waals surface area contributed by atoms with Gasteiger partial charge in [-0.1, -0.05) is 31.2 Å². The lowest BCUT2D eigenvalue weighted by Gasteiger charge is -2.10. The third-order valence-corrected chi connectivity index (χ3v) is 3.28. The molecule has 1 atom stereocenters. The molecule has 0 saturated heterocycles. The van der Waals surface area contributed by atoms with Crippen LogP contribution in [0.1, 0.15) is 30.9 Å². The Bertz CT molecular complexity index is 316. The van der Waals surface area contributed by atoms with Gasteiger partial charge in [0.1, 0.15) is 0 Å². The number of aryl methyl sites for hydroxylation is 1. The van der Waals surface area contributed by atoms with Crippen molar-refractivity contribution in [1.82, 2.24) is 5.32 Å². The van der Waals surface area contributed by atoms with Gasteiger partial charge in [0.25, 0.3) is 0 Å². The molecule has 0 amide bonds. The van der Waals surface area contributed by atoms with Crippen LogP contribution in [0, 0.1) is 5.92 Å². The average Bonchev–Trinajstić information content (AvgIpc) is 3.14. The molecule has 2 rings (SSSR count). The molecule has 2 nitrogen and oxygen atoms in total. The van der Waals surface area contributed by atoms with E-state index in [1.165, 1.54) is 24.0 Å². The first-order valence-corrected chi connectivity index (χ1v) is 6.26. The normalized spacial score (nSPS) is 17.4. The summed E-state index contributed by atoms with van der Waals surface area (Å²) in [6.07, 6.45) is 3.35. The summed E-state index contributed by atoms with van der Waals surface area (Å²) in [6.45, 7) is 3.74. The minimum Gasteiger partial charge on any atom is -0.392 e. The van der Waals surface area contributed by atoms with Gasteiger partial charge in [0.05, 0.1) is 6.10 Å². The third-order valence-electron chi connectivity index (χ3n) is 3.28. The zero-order valence-corrected chi connectivity index (χ0v) is 9.95. The topological polar surface area (TPSA) is 32.3 Å². The Kier molecular flexibility index (Phi) is 3.97. The van der Waals surface area contributed by atoms with Crippen molar-refractivity contribution in [2.75, 3.05) is 6.54 Å². The summed E-state index contributed by atoms with van der Waals surface area (Å²) < 4.78 is 0. The molecule has 0 aliphatic heterocycles. The highest BCUT2D eigenvalue weighted by molar-refractivity contribution is 5.22. The molecule has 0 radical (unpaired) electrons. The van der Waals surface area contributed by atoms with Crippen LogP contribution in [0.3, 0.4) is 0 Å². The fourth-order valence-corrected chi connectivity index (χ4v) is 1.90. The van der Waals surface area contributed by atoms with E-state index in [2.05, 4.69) is 36.5 Å². The maximum Gasteiger partial charge on any atom is 0.0692 e. The maximum atomic E-state index is 9.69. The molecule has 2 heteroatoms. The van der Waals surface area contributed by atoms with Crippen LogP contribution in [0.25, 0.3) is 0 Å². The van der Waals surface area contributed by atoms with E-state index in [1.807, 2.05) is 0 Å². The first-order chi connectivity index (χ1) is 7.79. The van der Waals surface area contributed by atoms with Gasteiger partial charge in [-0.15, -0.1) is 0 Å². The molecular formula is C14H21NO. The smallest absolute Gasteiger partial charge is 0.0692 e. The predicted octanol–water partition coefficient (Wildman–Crippen LogP) is 2.11. The maximum absolute atomic E-state index is 9.69. The molecule has 0 heterocycles. The number of nitrogens with one attached hydrogen (secondary N) is 1. The Morgan fingerprint density at radius 2 is 1.88 bits per heavy atom. The molecule has 1 aliphatic carbocycles. The summed E-state index contributed by atoms with van der Waals surface area (Å²) in [5.41, 5.74) is 2.67. The second kappa shape index (κ2) is 5.46. The Balaban J connectivity index is 1.71. The van der Waals surface area contributed by atoms with Crippen molar-refractivity contribution in [2.45, 2.75) is 38.8 Å². The van der Waals surface area contributed by atoms with E-state index < -0.39 is 0 Å². The van der Waals surface area contributed by atoms with Crippen LogP contribution in [-0.4, -0.2) is 17.8 Å². The zero-order chi connectivity index (χ0) is 11.4. The van der Waals surface area contributed by atoms with Crippen molar-refractivity contribution in [1.29, 1.82) is 0 Å². The van der Waals surface area contributed by atoms with Gasteiger partial charge in [-0.2, -0.15) is 0 Å². The van der Waals surface area contributed by atoms with E-state index in [-0.39, 0.29) is 6.10 Å². The van der Waals surface area contributed by atoms with Gasteiger partial charge < -0.3 is 10.4 Å². The SMILES string of the molecule is CCc1ccc(CNCC(O)C2CC2)cc1. The fourth-order valence-electron chi connectivity index (χ4n) is 1.90. The van der Waals surface area contributed by atoms with Crippen molar-refractivity contribution < 1.29 is 5.11 Å². The van der Waals surface area contributed by atoms with Crippen molar-refractivity contribution >= 4 is 0 Å². The molecule has 1 aliphatic rings. The lowest BCUT2D eigenvalue weighted by atomic mass is 10.1. The van der Waals surface area contributed by atoms with Crippen LogP contribution in [0.15, 0.2) is 24.3 Å². The highest BCUT2D eigenvalue weighted by Gasteiger charge is 2.28. The molecule has 0 bridgehead atoms. The summed E-state index contributed by atoms with van der Waals surface area (Å²) >= 11 is 0. The van der Waals surface area contributed by atoms with Crippen LogP contribution in [0.5, 0.6) is 0 Å². The predicted molar refractivity (Wildman–Crippen MR) is 66.3 cm³/mol. The quantitative estimate of drug-likeness (QED) is 0.768. The Hall–Kier alpha value is -0.860. The number of aliphatic hydroxyl groups is 1. The summed E-state index contributed by atoms with van der Waals surface area (Å²) in [4.78, 5) is 0. The number of hydrogen-bond donors (Lipinski definition) is 2. The molecule has 1 fully saturated rings. The van der Waals surface area contributed by atoms with Crippen molar-refractivity contribution in [3.63, 3.8) is 0 Å². The van der Waals surface area contributed by atoms with Crippen LogP contribution >= 0.6 is 0 Å². The van der Waals surface area contributed by atoms with Crippen LogP contribution in [0.2, 0.25) is 0 Å². The summed E-state index contributed by atoms with van der Waals surface area (Å²) in [7, 11) is 0. The number of benzene rings is 1. The molecule has 16 heavy (non-hydrogen) atoms. The molecule has 88 valence electrons. The Labute approximate surface area is 97.7 Å². The lowest BCUT2D eigenvalue weighted by Crippen LogP contribution is -2.27. The highest BCUT2D eigenvalue weighted by atomic mass is 16.3. The Morgan fingerprint density at radius 1 is 1.25 bits per heavy atom. The van der Waals surface area contributed by atoms with Crippen LogP contribution < -0.4 is 5.32 Å². The Morgan fingerprint density at radius 3 is 2.44 bits per heavy atom. The molecule has 0 spiro atoms. The van der Waals surface area contributed by atoms with E-state index in [0.717, 1.165) is 19.5 Å². The van der Waals surface area contributed by atoms with E-state index in [4.69, 9.17) is 0 Å². The zero-order valence-electron chi connectivity index (χ0n) is 9.95. The van der Waals surface area contributed by atoms with Gasteiger partial charge in [-0.05, 0) is 36.3 Å². The van der Waals surface area contributed by atoms with Gasteiger partial charge in [-0.3, -0.25) is 0 Å². The van der Waals surface area contributed by atoms with Gasteiger partial charge in [0.2, 0.25) is 0 Å². The molecule has 1 aromatic rings. The summed E-state index contributed by atoms with van der Waals surface area (Å²) in [5.74, 6) is 0.565.